The molecule has 88 valence electrons. The summed E-state index contributed by atoms with van der Waals surface area (Å²) in [6, 6.07) is 7.57. The lowest BCUT2D eigenvalue weighted by Crippen LogP contribution is -2.45. The van der Waals surface area contributed by atoms with Gasteiger partial charge in [-0.2, -0.15) is 5.26 Å². The molecule has 0 aromatic carbocycles. The first-order valence-electron chi connectivity index (χ1n) is 5.72. The van der Waals surface area contributed by atoms with Gasteiger partial charge >= 0.3 is 0 Å². The molecule has 0 aliphatic heterocycles. The molecule has 1 fully saturated rings. The average Bonchev–Trinajstić information content (AvgIpc) is 2.24. The zero-order valence-corrected chi connectivity index (χ0v) is 10.0. The number of nitrogens with zero attached hydrogens (tertiary/aromatic N) is 2. The first-order chi connectivity index (χ1) is 8.05. The summed E-state index contributed by atoms with van der Waals surface area (Å²) in [6.45, 7) is 3.91. The molecule has 0 radical (unpaired) electrons. The fourth-order valence-electron chi connectivity index (χ4n) is 2.31. The second-order valence-corrected chi connectivity index (χ2v) is 4.83. The molecule has 1 aromatic heterocycles. The van der Waals surface area contributed by atoms with E-state index in [1.54, 1.807) is 6.07 Å². The minimum Gasteiger partial charge on any atom is -0.309 e. The van der Waals surface area contributed by atoms with Crippen LogP contribution < -0.4 is 5.32 Å². The zero-order valence-electron chi connectivity index (χ0n) is 10.0. The van der Waals surface area contributed by atoms with E-state index in [2.05, 4.69) is 16.4 Å². The number of hydrogen-bond acceptors (Lipinski definition) is 3. The van der Waals surface area contributed by atoms with E-state index >= 15 is 0 Å². The molecule has 1 aliphatic rings. The Morgan fingerprint density at radius 3 is 2.82 bits per heavy atom. The van der Waals surface area contributed by atoms with E-state index in [0.717, 1.165) is 5.69 Å². The standard InChI is InChI=1S/C13H15N3O/c1-9-6-13(7-9,8-14)12(17)16-11-5-3-4-10(2)15-11/h3-5,9H,6-7H2,1-2H3,(H,15,16,17). The molecule has 0 bridgehead atoms. The maximum atomic E-state index is 12.0. The number of hydrogen-bond donors (Lipinski definition) is 1. The largest absolute Gasteiger partial charge is 0.309 e. The van der Waals surface area contributed by atoms with Crippen LogP contribution in [0.3, 0.4) is 0 Å². The molecule has 1 aliphatic carbocycles. The average molecular weight is 229 g/mol. The molecule has 0 saturated heterocycles. The second-order valence-electron chi connectivity index (χ2n) is 4.83. The van der Waals surface area contributed by atoms with Gasteiger partial charge in [-0.15, -0.1) is 0 Å². The van der Waals surface area contributed by atoms with E-state index in [1.165, 1.54) is 0 Å². The van der Waals surface area contributed by atoms with Gasteiger partial charge in [-0.3, -0.25) is 4.79 Å². The van der Waals surface area contributed by atoms with Crippen LogP contribution in [0.25, 0.3) is 0 Å². The number of pyridine rings is 1. The highest BCUT2D eigenvalue weighted by molar-refractivity contribution is 5.97. The van der Waals surface area contributed by atoms with Crippen LogP contribution in [0, 0.1) is 29.6 Å². The van der Waals surface area contributed by atoms with Crippen molar-refractivity contribution in [1.82, 2.24) is 4.98 Å². The number of carbonyl (C=O) groups is 1. The van der Waals surface area contributed by atoms with Crippen LogP contribution in [0.1, 0.15) is 25.5 Å². The van der Waals surface area contributed by atoms with Gasteiger partial charge in [-0.25, -0.2) is 4.98 Å². The molecular weight excluding hydrogens is 214 g/mol. The van der Waals surface area contributed by atoms with E-state index in [1.807, 2.05) is 26.0 Å². The minimum absolute atomic E-state index is 0.226. The van der Waals surface area contributed by atoms with Crippen molar-refractivity contribution < 1.29 is 4.79 Å². The van der Waals surface area contributed by atoms with E-state index in [-0.39, 0.29) is 5.91 Å². The number of aryl methyl sites for hydroxylation is 1. The summed E-state index contributed by atoms with van der Waals surface area (Å²) in [4.78, 5) is 16.2. The summed E-state index contributed by atoms with van der Waals surface area (Å²) >= 11 is 0. The van der Waals surface area contributed by atoms with Crippen LogP contribution in [0.2, 0.25) is 0 Å². The van der Waals surface area contributed by atoms with Gasteiger partial charge < -0.3 is 5.32 Å². The molecule has 1 aromatic rings. The van der Waals surface area contributed by atoms with Crippen molar-refractivity contribution >= 4 is 11.7 Å². The van der Waals surface area contributed by atoms with Gasteiger partial charge in [0.25, 0.3) is 0 Å². The predicted molar refractivity (Wildman–Crippen MR) is 64.0 cm³/mol. The second kappa shape index (κ2) is 4.17. The zero-order chi connectivity index (χ0) is 12.5. The minimum atomic E-state index is -0.842. The van der Waals surface area contributed by atoms with E-state index in [0.29, 0.717) is 24.6 Å². The summed E-state index contributed by atoms with van der Waals surface area (Å²) in [5.74, 6) is 0.742. The molecular formula is C13H15N3O. The summed E-state index contributed by atoms with van der Waals surface area (Å²) < 4.78 is 0. The van der Waals surface area contributed by atoms with Crippen LogP contribution in [0.5, 0.6) is 0 Å². The number of rotatable bonds is 2. The predicted octanol–water partition coefficient (Wildman–Crippen LogP) is 2.27. The van der Waals surface area contributed by atoms with Crippen molar-refractivity contribution in [3.8, 4) is 6.07 Å². The Labute approximate surface area is 101 Å². The van der Waals surface area contributed by atoms with Gasteiger partial charge in [-0.05, 0) is 37.8 Å². The SMILES string of the molecule is Cc1cccc(NC(=O)C2(C#N)CC(C)C2)n1. The van der Waals surface area contributed by atoms with Crippen molar-refractivity contribution in [2.45, 2.75) is 26.7 Å². The van der Waals surface area contributed by atoms with Gasteiger partial charge in [0.15, 0.2) is 0 Å². The van der Waals surface area contributed by atoms with Gasteiger partial charge in [-0.1, -0.05) is 13.0 Å². The van der Waals surface area contributed by atoms with Gasteiger partial charge in [0.1, 0.15) is 11.2 Å². The molecule has 17 heavy (non-hydrogen) atoms. The number of aromatic nitrogens is 1. The van der Waals surface area contributed by atoms with Crippen LogP contribution in [0.15, 0.2) is 18.2 Å². The Bertz CT molecular complexity index is 484. The molecule has 0 spiro atoms. The monoisotopic (exact) mass is 229 g/mol. The number of amides is 1. The molecule has 1 heterocycles. The maximum Gasteiger partial charge on any atom is 0.246 e. The molecule has 1 amide bonds. The van der Waals surface area contributed by atoms with Crippen molar-refractivity contribution in [3.05, 3.63) is 23.9 Å². The number of nitriles is 1. The van der Waals surface area contributed by atoms with E-state index < -0.39 is 5.41 Å². The number of anilines is 1. The summed E-state index contributed by atoms with van der Waals surface area (Å²) in [7, 11) is 0. The Kier molecular flexibility index (Phi) is 2.84. The van der Waals surface area contributed by atoms with Gasteiger partial charge in [0.05, 0.1) is 6.07 Å². The third-order valence-electron chi connectivity index (χ3n) is 3.17. The highest BCUT2D eigenvalue weighted by Gasteiger charge is 2.49. The van der Waals surface area contributed by atoms with Gasteiger partial charge in [0.2, 0.25) is 5.91 Å². The summed E-state index contributed by atoms with van der Waals surface area (Å²) in [5.41, 5.74) is 0.000902. The van der Waals surface area contributed by atoms with Crippen molar-refractivity contribution in [3.63, 3.8) is 0 Å². The molecule has 1 saturated carbocycles. The Balaban J connectivity index is 2.10. The van der Waals surface area contributed by atoms with E-state index in [9.17, 15) is 4.79 Å². The molecule has 0 atom stereocenters. The first-order valence-corrected chi connectivity index (χ1v) is 5.72. The lowest BCUT2D eigenvalue weighted by Gasteiger charge is -2.39. The third kappa shape index (κ3) is 2.14. The molecule has 0 unspecified atom stereocenters. The highest BCUT2D eigenvalue weighted by Crippen LogP contribution is 2.45. The number of carbonyl (C=O) groups excluding carboxylic acids is 1. The fourth-order valence-corrected chi connectivity index (χ4v) is 2.31. The molecule has 4 heteroatoms. The first kappa shape index (κ1) is 11.6. The van der Waals surface area contributed by atoms with Crippen molar-refractivity contribution in [2.75, 3.05) is 5.32 Å². The van der Waals surface area contributed by atoms with Crippen molar-refractivity contribution in [2.24, 2.45) is 11.3 Å². The Morgan fingerprint density at radius 1 is 1.59 bits per heavy atom. The highest BCUT2D eigenvalue weighted by atomic mass is 16.2. The summed E-state index contributed by atoms with van der Waals surface area (Å²) in [6.07, 6.45) is 1.28. The van der Waals surface area contributed by atoms with Crippen LogP contribution in [-0.4, -0.2) is 10.9 Å². The molecule has 2 rings (SSSR count). The van der Waals surface area contributed by atoms with Crippen LogP contribution in [-0.2, 0) is 4.79 Å². The molecule has 1 N–H and O–H groups in total. The van der Waals surface area contributed by atoms with Crippen molar-refractivity contribution in [1.29, 1.82) is 5.26 Å². The fraction of sp³-hybridized carbons (Fsp3) is 0.462. The lowest BCUT2D eigenvalue weighted by atomic mass is 9.63. The Morgan fingerprint density at radius 2 is 2.29 bits per heavy atom. The topological polar surface area (TPSA) is 65.8 Å². The molecule has 4 nitrogen and oxygen atoms in total. The van der Waals surface area contributed by atoms with Crippen LogP contribution >= 0.6 is 0 Å². The third-order valence-corrected chi connectivity index (χ3v) is 3.17. The maximum absolute atomic E-state index is 12.0. The summed E-state index contributed by atoms with van der Waals surface area (Å²) in [5, 5.41) is 11.9. The Hall–Kier alpha value is -1.89. The van der Waals surface area contributed by atoms with Gasteiger partial charge in [0, 0.05) is 5.69 Å². The van der Waals surface area contributed by atoms with Crippen LogP contribution in [0.4, 0.5) is 5.82 Å². The number of nitrogens with one attached hydrogen (secondary N) is 1. The lowest BCUT2D eigenvalue weighted by molar-refractivity contribution is -0.128. The normalized spacial score (nSPS) is 26.8. The smallest absolute Gasteiger partial charge is 0.246 e. The van der Waals surface area contributed by atoms with E-state index in [4.69, 9.17) is 5.26 Å². The quantitative estimate of drug-likeness (QED) is 0.846.